The molecule has 1 N–H and O–H groups in total. The average Bonchev–Trinajstić information content (AvgIpc) is 2.69. The van der Waals surface area contributed by atoms with Gasteiger partial charge in [0.1, 0.15) is 11.6 Å². The Labute approximate surface area is 167 Å². The highest BCUT2D eigenvalue weighted by atomic mass is 16.2. The Morgan fingerprint density at radius 3 is 2.50 bits per heavy atom. The van der Waals surface area contributed by atoms with Gasteiger partial charge in [-0.05, 0) is 44.7 Å². The summed E-state index contributed by atoms with van der Waals surface area (Å²) in [5.74, 6) is 2.62. The fourth-order valence-corrected chi connectivity index (χ4v) is 4.01. The number of aromatic nitrogens is 2. The van der Waals surface area contributed by atoms with Gasteiger partial charge in [0.25, 0.3) is 0 Å². The van der Waals surface area contributed by atoms with Gasteiger partial charge in [0.05, 0.1) is 12.2 Å². The molecule has 1 fully saturated rings. The molecule has 0 spiro atoms. The number of nitrogens with one attached hydrogen (secondary N) is 1. The zero-order valence-corrected chi connectivity index (χ0v) is 17.0. The number of rotatable bonds is 2. The lowest BCUT2D eigenvalue weighted by Gasteiger charge is -2.36. The van der Waals surface area contributed by atoms with Crippen LogP contribution in [0.15, 0.2) is 24.3 Å². The minimum Gasteiger partial charge on any atom is -0.356 e. The first-order valence-corrected chi connectivity index (χ1v) is 10.2. The summed E-state index contributed by atoms with van der Waals surface area (Å²) in [7, 11) is 0. The van der Waals surface area contributed by atoms with Gasteiger partial charge in [0.15, 0.2) is 0 Å². The maximum atomic E-state index is 12.8. The van der Waals surface area contributed by atoms with Crippen molar-refractivity contribution in [2.45, 2.75) is 46.6 Å². The van der Waals surface area contributed by atoms with Crippen molar-refractivity contribution in [2.75, 3.05) is 29.9 Å². The van der Waals surface area contributed by atoms with E-state index < -0.39 is 0 Å². The number of fused-ring (bicyclic) bond motifs is 1. The second-order valence-corrected chi connectivity index (χ2v) is 8.16. The van der Waals surface area contributed by atoms with Crippen molar-refractivity contribution in [1.29, 1.82) is 0 Å². The maximum Gasteiger partial charge on any atom is 0.322 e. The van der Waals surface area contributed by atoms with Gasteiger partial charge in [-0.25, -0.2) is 14.8 Å². The molecule has 1 aromatic carbocycles. The third kappa shape index (κ3) is 3.96. The van der Waals surface area contributed by atoms with Crippen LogP contribution in [0.25, 0.3) is 0 Å². The van der Waals surface area contributed by atoms with Crippen molar-refractivity contribution in [3.8, 4) is 0 Å². The molecule has 2 aromatic rings. The summed E-state index contributed by atoms with van der Waals surface area (Å²) < 4.78 is 0. The summed E-state index contributed by atoms with van der Waals surface area (Å²) >= 11 is 0. The quantitative estimate of drug-likeness (QED) is 0.859. The van der Waals surface area contributed by atoms with Crippen LogP contribution in [-0.2, 0) is 13.0 Å². The van der Waals surface area contributed by atoms with Gasteiger partial charge in [0, 0.05) is 37.3 Å². The molecule has 0 bridgehead atoms. The fourth-order valence-electron chi connectivity index (χ4n) is 4.01. The van der Waals surface area contributed by atoms with Crippen LogP contribution in [0.2, 0.25) is 0 Å². The van der Waals surface area contributed by atoms with Gasteiger partial charge in [0.2, 0.25) is 0 Å². The summed E-state index contributed by atoms with van der Waals surface area (Å²) in [6.45, 7) is 9.62. The molecule has 148 valence electrons. The number of anilines is 2. The van der Waals surface area contributed by atoms with Crippen LogP contribution in [0.1, 0.15) is 42.4 Å². The molecule has 28 heavy (non-hydrogen) atoms. The zero-order valence-electron chi connectivity index (χ0n) is 17.0. The van der Waals surface area contributed by atoms with Crippen LogP contribution < -0.4 is 10.2 Å². The Hall–Kier alpha value is -2.63. The number of aryl methyl sites for hydroxylation is 2. The normalized spacial score (nSPS) is 17.4. The van der Waals surface area contributed by atoms with E-state index in [4.69, 9.17) is 4.98 Å². The van der Waals surface area contributed by atoms with E-state index in [9.17, 15) is 4.79 Å². The van der Waals surface area contributed by atoms with Gasteiger partial charge in [-0.2, -0.15) is 0 Å². The first-order valence-electron chi connectivity index (χ1n) is 10.2. The lowest BCUT2D eigenvalue weighted by atomic mass is 9.98. The molecule has 1 aromatic heterocycles. The Kier molecular flexibility index (Phi) is 5.20. The van der Waals surface area contributed by atoms with Crippen LogP contribution in [0.5, 0.6) is 0 Å². The van der Waals surface area contributed by atoms with Crippen molar-refractivity contribution >= 4 is 17.5 Å². The van der Waals surface area contributed by atoms with E-state index in [0.29, 0.717) is 13.1 Å². The van der Waals surface area contributed by atoms with E-state index in [1.807, 2.05) is 43.0 Å². The van der Waals surface area contributed by atoms with Crippen LogP contribution >= 0.6 is 0 Å². The number of carbonyl (C=O) groups excluding carboxylic acids is 1. The monoisotopic (exact) mass is 379 g/mol. The lowest BCUT2D eigenvalue weighted by molar-refractivity contribution is 0.206. The lowest BCUT2D eigenvalue weighted by Crippen LogP contribution is -2.41. The highest BCUT2D eigenvalue weighted by molar-refractivity contribution is 5.89. The average molecular weight is 380 g/mol. The predicted octanol–water partition coefficient (Wildman–Crippen LogP) is 3.92. The molecule has 2 amide bonds. The molecule has 0 atom stereocenters. The van der Waals surface area contributed by atoms with Crippen LogP contribution in [-0.4, -0.2) is 40.5 Å². The topological polar surface area (TPSA) is 61.4 Å². The maximum absolute atomic E-state index is 12.8. The second-order valence-electron chi connectivity index (χ2n) is 8.16. The van der Waals surface area contributed by atoms with Gasteiger partial charge in [-0.1, -0.05) is 24.6 Å². The third-order valence-electron chi connectivity index (χ3n) is 5.82. The van der Waals surface area contributed by atoms with E-state index in [1.54, 1.807) is 0 Å². The number of carbonyl (C=O) groups is 1. The molecule has 2 aliphatic rings. The van der Waals surface area contributed by atoms with Gasteiger partial charge in [-0.3, -0.25) is 0 Å². The largest absolute Gasteiger partial charge is 0.356 e. The summed E-state index contributed by atoms with van der Waals surface area (Å²) in [4.78, 5) is 26.5. The fraction of sp³-hybridized carbons (Fsp3) is 0.500. The van der Waals surface area contributed by atoms with Crippen molar-refractivity contribution in [3.05, 3.63) is 46.9 Å². The molecule has 2 aliphatic heterocycles. The number of piperidine rings is 1. The Bertz CT molecular complexity index is 856. The molecule has 6 heteroatoms. The number of urea groups is 1. The second kappa shape index (κ2) is 7.78. The summed E-state index contributed by atoms with van der Waals surface area (Å²) in [6, 6.07) is 7.84. The standard InChI is InChI=1S/C22H29N5O/c1-15-4-6-18(7-5-15)25-22(28)27-13-10-20-19(14-27)21(24-17(3)23-20)26-11-8-16(2)9-12-26/h4-7,16H,8-14H2,1-3H3,(H,25,28). The summed E-state index contributed by atoms with van der Waals surface area (Å²) in [6.07, 6.45) is 3.15. The minimum absolute atomic E-state index is 0.0618. The van der Waals surface area contributed by atoms with Crippen molar-refractivity contribution < 1.29 is 4.79 Å². The summed E-state index contributed by atoms with van der Waals surface area (Å²) in [5.41, 5.74) is 4.22. The molecular weight excluding hydrogens is 350 g/mol. The minimum atomic E-state index is -0.0618. The predicted molar refractivity (Wildman–Crippen MR) is 112 cm³/mol. The van der Waals surface area contributed by atoms with E-state index in [2.05, 4.69) is 22.1 Å². The molecule has 1 saturated heterocycles. The molecule has 0 radical (unpaired) electrons. The number of hydrogen-bond donors (Lipinski definition) is 1. The van der Waals surface area contributed by atoms with E-state index in [1.165, 1.54) is 18.4 Å². The molecule has 4 rings (SSSR count). The van der Waals surface area contributed by atoms with Crippen molar-refractivity contribution in [2.24, 2.45) is 5.92 Å². The van der Waals surface area contributed by atoms with E-state index in [0.717, 1.165) is 54.0 Å². The van der Waals surface area contributed by atoms with Crippen molar-refractivity contribution in [3.63, 3.8) is 0 Å². The van der Waals surface area contributed by atoms with E-state index in [-0.39, 0.29) is 6.03 Å². The van der Waals surface area contributed by atoms with Gasteiger partial charge in [-0.15, -0.1) is 0 Å². The first kappa shape index (κ1) is 18.7. The van der Waals surface area contributed by atoms with Gasteiger partial charge < -0.3 is 15.1 Å². The van der Waals surface area contributed by atoms with E-state index >= 15 is 0 Å². The first-order chi connectivity index (χ1) is 13.5. The van der Waals surface area contributed by atoms with Crippen LogP contribution in [0.3, 0.4) is 0 Å². The number of amides is 2. The SMILES string of the molecule is Cc1ccc(NC(=O)N2CCc3nc(C)nc(N4CCC(C)CC4)c3C2)cc1. The summed E-state index contributed by atoms with van der Waals surface area (Å²) in [5, 5.41) is 3.02. The zero-order chi connectivity index (χ0) is 19.7. The Morgan fingerprint density at radius 2 is 1.79 bits per heavy atom. The smallest absolute Gasteiger partial charge is 0.322 e. The van der Waals surface area contributed by atoms with Crippen molar-refractivity contribution in [1.82, 2.24) is 14.9 Å². The Morgan fingerprint density at radius 1 is 1.07 bits per heavy atom. The van der Waals surface area contributed by atoms with Gasteiger partial charge >= 0.3 is 6.03 Å². The molecule has 6 nitrogen and oxygen atoms in total. The molecule has 0 saturated carbocycles. The molecule has 3 heterocycles. The van der Waals surface area contributed by atoms with Crippen LogP contribution in [0.4, 0.5) is 16.3 Å². The highest BCUT2D eigenvalue weighted by Crippen LogP contribution is 2.30. The number of hydrogen-bond acceptors (Lipinski definition) is 4. The van der Waals surface area contributed by atoms with Crippen LogP contribution in [0, 0.1) is 19.8 Å². The molecule has 0 unspecified atom stereocenters. The number of benzene rings is 1. The molecule has 0 aliphatic carbocycles. The highest BCUT2D eigenvalue weighted by Gasteiger charge is 2.28. The number of nitrogens with zero attached hydrogens (tertiary/aromatic N) is 4. The Balaban J connectivity index is 1.53. The molecular formula is C22H29N5O. The third-order valence-corrected chi connectivity index (χ3v) is 5.82.